The third-order valence-corrected chi connectivity index (χ3v) is 4.76. The summed E-state index contributed by atoms with van der Waals surface area (Å²) in [5, 5.41) is 11.1. The lowest BCUT2D eigenvalue weighted by Gasteiger charge is -2.16. The van der Waals surface area contributed by atoms with Gasteiger partial charge in [-0.1, -0.05) is 13.0 Å². The van der Waals surface area contributed by atoms with Gasteiger partial charge >= 0.3 is 0 Å². The van der Waals surface area contributed by atoms with Crippen molar-refractivity contribution >= 4 is 21.6 Å². The van der Waals surface area contributed by atoms with Crippen molar-refractivity contribution in [1.82, 2.24) is 5.32 Å². The summed E-state index contributed by atoms with van der Waals surface area (Å²) in [7, 11) is -3.79. The van der Waals surface area contributed by atoms with Crippen LogP contribution in [0.4, 0.5) is 5.69 Å². The van der Waals surface area contributed by atoms with E-state index in [9.17, 15) is 13.2 Å². The van der Waals surface area contributed by atoms with E-state index in [2.05, 4.69) is 10.6 Å². The number of carbonyl (C=O) groups is 1. The van der Waals surface area contributed by atoms with E-state index in [4.69, 9.17) is 5.14 Å². The summed E-state index contributed by atoms with van der Waals surface area (Å²) in [6.07, 6.45) is 0. The second kappa shape index (κ2) is 5.51. The van der Waals surface area contributed by atoms with Gasteiger partial charge in [0.05, 0.1) is 10.8 Å². The van der Waals surface area contributed by atoms with Crippen molar-refractivity contribution in [3.8, 4) is 0 Å². The van der Waals surface area contributed by atoms with Crippen molar-refractivity contribution in [1.29, 1.82) is 0 Å². The largest absolute Gasteiger partial charge is 0.326 e. The maximum atomic E-state index is 12.2. The summed E-state index contributed by atoms with van der Waals surface area (Å²) in [6.45, 7) is 5.10. The summed E-state index contributed by atoms with van der Waals surface area (Å²) in [4.78, 5) is 12.2. The van der Waals surface area contributed by atoms with Crippen molar-refractivity contribution in [2.24, 2.45) is 17.0 Å². The Labute approximate surface area is 118 Å². The first-order valence-electron chi connectivity index (χ1n) is 6.44. The highest BCUT2D eigenvalue weighted by Gasteiger charge is 2.30. The molecule has 20 heavy (non-hydrogen) atoms. The fraction of sp³-hybridized carbons (Fsp3) is 0.462. The number of benzene rings is 1. The molecule has 1 fully saturated rings. The first kappa shape index (κ1) is 15.0. The third-order valence-electron chi connectivity index (χ3n) is 3.70. The van der Waals surface area contributed by atoms with E-state index in [0.29, 0.717) is 17.8 Å². The minimum atomic E-state index is -3.79. The summed E-state index contributed by atoms with van der Waals surface area (Å²) in [5.74, 6) is 0.0569. The average Bonchev–Trinajstić information content (AvgIpc) is 2.76. The molecule has 6 nitrogen and oxygen atoms in total. The highest BCUT2D eigenvalue weighted by atomic mass is 32.2. The van der Waals surface area contributed by atoms with Crippen molar-refractivity contribution in [3.05, 3.63) is 23.8 Å². The van der Waals surface area contributed by atoms with Gasteiger partial charge in [0.1, 0.15) is 0 Å². The SMILES string of the molecule is Cc1c(NC(=O)C2CNCC2C)cccc1S(N)(=O)=O. The number of amides is 1. The molecule has 2 atom stereocenters. The Morgan fingerprint density at radius 1 is 1.40 bits per heavy atom. The first-order chi connectivity index (χ1) is 9.30. The molecule has 1 saturated heterocycles. The van der Waals surface area contributed by atoms with Gasteiger partial charge in [0.2, 0.25) is 15.9 Å². The lowest BCUT2D eigenvalue weighted by Crippen LogP contribution is -2.28. The minimum absolute atomic E-state index is 0.0351. The number of carbonyl (C=O) groups excluding carboxylic acids is 1. The Kier molecular flexibility index (Phi) is 4.12. The van der Waals surface area contributed by atoms with Gasteiger partial charge in [0.15, 0.2) is 0 Å². The van der Waals surface area contributed by atoms with E-state index in [0.717, 1.165) is 6.54 Å². The molecule has 2 unspecified atom stereocenters. The molecular formula is C13H19N3O3S. The van der Waals surface area contributed by atoms with Crippen LogP contribution in [-0.2, 0) is 14.8 Å². The molecule has 0 spiro atoms. The van der Waals surface area contributed by atoms with Gasteiger partial charge in [-0.25, -0.2) is 13.6 Å². The quantitative estimate of drug-likeness (QED) is 0.753. The zero-order valence-corrected chi connectivity index (χ0v) is 12.3. The molecule has 1 aromatic carbocycles. The minimum Gasteiger partial charge on any atom is -0.326 e. The van der Waals surface area contributed by atoms with E-state index in [1.807, 2.05) is 6.92 Å². The molecule has 0 aromatic heterocycles. The molecule has 0 radical (unpaired) electrons. The molecule has 1 aliphatic heterocycles. The van der Waals surface area contributed by atoms with Gasteiger partial charge in [-0.2, -0.15) is 0 Å². The van der Waals surface area contributed by atoms with Gasteiger partial charge in [0, 0.05) is 12.2 Å². The first-order valence-corrected chi connectivity index (χ1v) is 7.99. The van der Waals surface area contributed by atoms with Crippen molar-refractivity contribution in [2.75, 3.05) is 18.4 Å². The van der Waals surface area contributed by atoms with Crippen LogP contribution in [0, 0.1) is 18.8 Å². The van der Waals surface area contributed by atoms with Gasteiger partial charge in [-0.15, -0.1) is 0 Å². The zero-order chi connectivity index (χ0) is 14.9. The standard InChI is InChI=1S/C13H19N3O3S/c1-8-6-15-7-10(8)13(17)16-11-4-3-5-12(9(11)2)20(14,18)19/h3-5,8,10,15H,6-7H2,1-2H3,(H,16,17)(H2,14,18,19). The van der Waals surface area contributed by atoms with Crippen LogP contribution >= 0.6 is 0 Å². The summed E-state index contributed by atoms with van der Waals surface area (Å²) in [5.41, 5.74) is 0.947. The van der Waals surface area contributed by atoms with Crippen LogP contribution in [-0.4, -0.2) is 27.4 Å². The number of nitrogens with one attached hydrogen (secondary N) is 2. The van der Waals surface area contributed by atoms with Crippen LogP contribution in [0.5, 0.6) is 0 Å². The van der Waals surface area contributed by atoms with Crippen LogP contribution in [0.15, 0.2) is 23.1 Å². The van der Waals surface area contributed by atoms with Gasteiger partial charge in [0.25, 0.3) is 0 Å². The number of primary sulfonamides is 1. The Morgan fingerprint density at radius 3 is 2.65 bits per heavy atom. The predicted octanol–water partition coefficient (Wildman–Crippen LogP) is 0.436. The zero-order valence-electron chi connectivity index (χ0n) is 11.5. The van der Waals surface area contributed by atoms with Gasteiger partial charge < -0.3 is 10.6 Å². The number of sulfonamides is 1. The van der Waals surface area contributed by atoms with Crippen molar-refractivity contribution in [3.63, 3.8) is 0 Å². The number of nitrogens with two attached hydrogens (primary N) is 1. The van der Waals surface area contributed by atoms with E-state index >= 15 is 0 Å². The van der Waals surface area contributed by atoms with E-state index in [1.54, 1.807) is 19.1 Å². The van der Waals surface area contributed by atoms with E-state index < -0.39 is 10.0 Å². The molecule has 0 bridgehead atoms. The topological polar surface area (TPSA) is 101 Å². The fourth-order valence-electron chi connectivity index (χ4n) is 2.44. The molecule has 4 N–H and O–H groups in total. The second-order valence-corrected chi connectivity index (χ2v) is 6.73. The normalized spacial score (nSPS) is 22.8. The van der Waals surface area contributed by atoms with Crippen LogP contribution in [0.2, 0.25) is 0 Å². The molecular weight excluding hydrogens is 278 g/mol. The molecule has 1 heterocycles. The van der Waals surface area contributed by atoms with E-state index in [1.165, 1.54) is 6.07 Å². The highest BCUT2D eigenvalue weighted by molar-refractivity contribution is 7.89. The molecule has 1 aromatic rings. The Hall–Kier alpha value is -1.44. The maximum Gasteiger partial charge on any atom is 0.238 e. The highest BCUT2D eigenvalue weighted by Crippen LogP contribution is 2.24. The van der Waals surface area contributed by atoms with Crippen molar-refractivity contribution < 1.29 is 13.2 Å². The average molecular weight is 297 g/mol. The maximum absolute atomic E-state index is 12.2. The molecule has 0 saturated carbocycles. The third kappa shape index (κ3) is 3.00. The number of hydrogen-bond acceptors (Lipinski definition) is 4. The van der Waals surface area contributed by atoms with Crippen LogP contribution in [0.25, 0.3) is 0 Å². The fourth-order valence-corrected chi connectivity index (χ4v) is 3.25. The Balaban J connectivity index is 2.24. The van der Waals surface area contributed by atoms with Crippen LogP contribution < -0.4 is 15.8 Å². The lowest BCUT2D eigenvalue weighted by atomic mass is 9.97. The summed E-state index contributed by atoms with van der Waals surface area (Å²) in [6, 6.07) is 4.67. The van der Waals surface area contributed by atoms with Crippen molar-refractivity contribution in [2.45, 2.75) is 18.7 Å². The van der Waals surface area contributed by atoms with Crippen LogP contribution in [0.1, 0.15) is 12.5 Å². The smallest absolute Gasteiger partial charge is 0.238 e. The van der Waals surface area contributed by atoms with Gasteiger partial charge in [-0.3, -0.25) is 4.79 Å². The number of rotatable bonds is 3. The monoisotopic (exact) mass is 297 g/mol. The molecule has 7 heteroatoms. The van der Waals surface area contributed by atoms with Crippen LogP contribution in [0.3, 0.4) is 0 Å². The molecule has 1 amide bonds. The Bertz CT molecular complexity index is 628. The second-order valence-electron chi connectivity index (χ2n) is 5.20. The summed E-state index contributed by atoms with van der Waals surface area (Å²) < 4.78 is 22.9. The predicted molar refractivity (Wildman–Crippen MR) is 76.7 cm³/mol. The number of anilines is 1. The molecule has 0 aliphatic carbocycles. The molecule has 110 valence electrons. The van der Waals surface area contributed by atoms with Gasteiger partial charge in [-0.05, 0) is 37.1 Å². The number of hydrogen-bond donors (Lipinski definition) is 3. The summed E-state index contributed by atoms with van der Waals surface area (Å²) >= 11 is 0. The molecule has 2 rings (SSSR count). The molecule has 1 aliphatic rings. The van der Waals surface area contributed by atoms with E-state index in [-0.39, 0.29) is 22.6 Å². The lowest BCUT2D eigenvalue weighted by molar-refractivity contribution is -0.120. The Morgan fingerprint density at radius 2 is 2.10 bits per heavy atom.